The SMILES string of the molecule is Clc1cccc(-c2cc(-c3nc(-c4ccccc4-c4ccccc4)cc(-c4ccccc4-c4ccccc4)n3)c3ccccc3c2)c1. The smallest absolute Gasteiger partial charge is 0.161 e. The number of nitrogens with zero attached hydrogens (tertiary/aromatic N) is 2. The van der Waals surface area contributed by atoms with Crippen LogP contribution in [0.2, 0.25) is 5.02 Å². The van der Waals surface area contributed by atoms with Crippen molar-refractivity contribution in [3.05, 3.63) is 181 Å². The molecule has 0 bridgehead atoms. The molecule has 8 rings (SSSR count). The molecule has 0 radical (unpaired) electrons. The number of halogens is 1. The van der Waals surface area contributed by atoms with Gasteiger partial charge in [-0.05, 0) is 74.5 Å². The van der Waals surface area contributed by atoms with Crippen molar-refractivity contribution in [1.82, 2.24) is 9.97 Å². The fraction of sp³-hybridized carbons (Fsp3) is 0. The average Bonchev–Trinajstić information content (AvgIpc) is 3.15. The van der Waals surface area contributed by atoms with Gasteiger partial charge in [0.15, 0.2) is 5.82 Å². The van der Waals surface area contributed by atoms with E-state index < -0.39 is 0 Å². The summed E-state index contributed by atoms with van der Waals surface area (Å²) in [4.78, 5) is 10.7. The van der Waals surface area contributed by atoms with Crippen LogP contribution in [0.25, 0.3) is 78.1 Å². The van der Waals surface area contributed by atoms with Gasteiger partial charge in [-0.15, -0.1) is 0 Å². The van der Waals surface area contributed by atoms with Crippen molar-refractivity contribution in [2.75, 3.05) is 0 Å². The third kappa shape index (κ3) is 5.72. The molecule has 8 aromatic rings. The predicted molar refractivity (Wildman–Crippen MR) is 197 cm³/mol. The quantitative estimate of drug-likeness (QED) is 0.185. The van der Waals surface area contributed by atoms with Gasteiger partial charge < -0.3 is 0 Å². The molecule has 0 N–H and O–H groups in total. The minimum atomic E-state index is 0.670. The Morgan fingerprint density at radius 1 is 0.340 bits per heavy atom. The minimum Gasteiger partial charge on any atom is -0.228 e. The Bertz CT molecular complexity index is 2260. The molecule has 7 aromatic carbocycles. The summed E-state index contributed by atoms with van der Waals surface area (Å²) >= 11 is 6.45. The third-order valence-electron chi connectivity index (χ3n) is 8.56. The average molecular weight is 621 g/mol. The summed E-state index contributed by atoms with van der Waals surface area (Å²) in [5, 5.41) is 2.91. The minimum absolute atomic E-state index is 0.670. The lowest BCUT2D eigenvalue weighted by Gasteiger charge is -2.16. The van der Waals surface area contributed by atoms with Gasteiger partial charge in [0.2, 0.25) is 0 Å². The molecule has 0 atom stereocenters. The Kier molecular flexibility index (Phi) is 7.62. The summed E-state index contributed by atoms with van der Waals surface area (Å²) in [7, 11) is 0. The van der Waals surface area contributed by atoms with E-state index in [1.54, 1.807) is 0 Å². The number of fused-ring (bicyclic) bond motifs is 1. The summed E-state index contributed by atoms with van der Waals surface area (Å²) in [6, 6.07) is 60.9. The molecule has 0 aliphatic heterocycles. The van der Waals surface area contributed by atoms with Crippen LogP contribution < -0.4 is 0 Å². The van der Waals surface area contributed by atoms with E-state index in [0.717, 1.165) is 72.2 Å². The normalized spacial score (nSPS) is 11.1. The second-order valence-electron chi connectivity index (χ2n) is 11.5. The number of hydrogen-bond acceptors (Lipinski definition) is 2. The zero-order valence-corrected chi connectivity index (χ0v) is 26.3. The number of hydrogen-bond donors (Lipinski definition) is 0. The van der Waals surface area contributed by atoms with Crippen molar-refractivity contribution in [3.8, 4) is 67.3 Å². The van der Waals surface area contributed by atoms with E-state index in [4.69, 9.17) is 21.6 Å². The number of aromatic nitrogens is 2. The molecule has 0 saturated carbocycles. The summed E-state index contributed by atoms with van der Waals surface area (Å²) in [5.41, 5.74) is 11.4. The second-order valence-corrected chi connectivity index (χ2v) is 12.0. The summed E-state index contributed by atoms with van der Waals surface area (Å²) in [6.07, 6.45) is 0. The highest BCUT2D eigenvalue weighted by Gasteiger charge is 2.18. The Morgan fingerprint density at radius 3 is 1.45 bits per heavy atom. The van der Waals surface area contributed by atoms with Crippen LogP contribution in [-0.4, -0.2) is 9.97 Å². The molecule has 1 aromatic heterocycles. The first-order valence-corrected chi connectivity index (χ1v) is 16.1. The molecule has 0 spiro atoms. The highest BCUT2D eigenvalue weighted by atomic mass is 35.5. The second kappa shape index (κ2) is 12.5. The maximum atomic E-state index is 6.45. The molecular formula is C44H29ClN2. The topological polar surface area (TPSA) is 25.8 Å². The van der Waals surface area contributed by atoms with Crippen molar-refractivity contribution in [1.29, 1.82) is 0 Å². The van der Waals surface area contributed by atoms with Gasteiger partial charge in [-0.1, -0.05) is 157 Å². The number of benzene rings is 7. The Morgan fingerprint density at radius 2 is 0.851 bits per heavy atom. The zero-order valence-electron chi connectivity index (χ0n) is 25.5. The van der Waals surface area contributed by atoms with E-state index in [1.807, 2.05) is 30.3 Å². The molecule has 3 heteroatoms. The lowest BCUT2D eigenvalue weighted by molar-refractivity contribution is 1.19. The van der Waals surface area contributed by atoms with Crippen LogP contribution in [0.3, 0.4) is 0 Å². The van der Waals surface area contributed by atoms with Crippen LogP contribution in [0.5, 0.6) is 0 Å². The monoisotopic (exact) mass is 620 g/mol. The molecule has 0 saturated heterocycles. The number of rotatable bonds is 6. The van der Waals surface area contributed by atoms with Crippen LogP contribution in [0.4, 0.5) is 0 Å². The molecule has 0 aliphatic carbocycles. The van der Waals surface area contributed by atoms with Crippen LogP contribution in [0.1, 0.15) is 0 Å². The van der Waals surface area contributed by atoms with Gasteiger partial charge in [-0.3, -0.25) is 0 Å². The van der Waals surface area contributed by atoms with Crippen molar-refractivity contribution < 1.29 is 0 Å². The maximum Gasteiger partial charge on any atom is 0.161 e. The first-order valence-electron chi connectivity index (χ1n) is 15.7. The van der Waals surface area contributed by atoms with E-state index in [9.17, 15) is 0 Å². The van der Waals surface area contributed by atoms with E-state index in [0.29, 0.717) is 10.8 Å². The van der Waals surface area contributed by atoms with Crippen molar-refractivity contribution in [2.45, 2.75) is 0 Å². The molecular weight excluding hydrogens is 592 g/mol. The molecule has 222 valence electrons. The van der Waals surface area contributed by atoms with E-state index in [2.05, 4.69) is 146 Å². The molecule has 2 nitrogen and oxygen atoms in total. The highest BCUT2D eigenvalue weighted by Crippen LogP contribution is 2.39. The first kappa shape index (κ1) is 28.6. The van der Waals surface area contributed by atoms with E-state index >= 15 is 0 Å². The van der Waals surface area contributed by atoms with Crippen LogP contribution in [0.15, 0.2) is 176 Å². The van der Waals surface area contributed by atoms with Gasteiger partial charge in [0.25, 0.3) is 0 Å². The summed E-state index contributed by atoms with van der Waals surface area (Å²) in [5.74, 6) is 0.670. The summed E-state index contributed by atoms with van der Waals surface area (Å²) < 4.78 is 0. The molecule has 47 heavy (non-hydrogen) atoms. The van der Waals surface area contributed by atoms with Gasteiger partial charge in [-0.25, -0.2) is 9.97 Å². The first-order chi connectivity index (χ1) is 23.2. The fourth-order valence-electron chi connectivity index (χ4n) is 6.33. The lowest BCUT2D eigenvalue weighted by Crippen LogP contribution is -1.99. The van der Waals surface area contributed by atoms with Gasteiger partial charge in [0.1, 0.15) is 0 Å². The standard InChI is InChI=1S/C44H29ClN2/c45-35-20-13-19-32(27-35)34-26-33-18-7-8-23-38(33)41(28-34)44-46-42(39-24-11-9-21-36(39)30-14-3-1-4-15-30)29-43(47-44)40-25-12-10-22-37(40)31-16-5-2-6-17-31/h1-29H. The molecule has 0 fully saturated rings. The maximum absolute atomic E-state index is 6.45. The van der Waals surface area contributed by atoms with E-state index in [1.165, 1.54) is 0 Å². The van der Waals surface area contributed by atoms with Crippen molar-refractivity contribution in [2.24, 2.45) is 0 Å². The highest BCUT2D eigenvalue weighted by molar-refractivity contribution is 6.30. The Labute approximate surface area is 279 Å². The van der Waals surface area contributed by atoms with E-state index in [-0.39, 0.29) is 0 Å². The summed E-state index contributed by atoms with van der Waals surface area (Å²) in [6.45, 7) is 0. The van der Waals surface area contributed by atoms with Crippen molar-refractivity contribution in [3.63, 3.8) is 0 Å². The van der Waals surface area contributed by atoms with Gasteiger partial charge >= 0.3 is 0 Å². The van der Waals surface area contributed by atoms with Crippen LogP contribution >= 0.6 is 11.6 Å². The van der Waals surface area contributed by atoms with Gasteiger partial charge in [0, 0.05) is 21.7 Å². The largest absolute Gasteiger partial charge is 0.228 e. The Balaban J connectivity index is 1.42. The lowest BCUT2D eigenvalue weighted by atomic mass is 9.93. The molecule has 1 heterocycles. The van der Waals surface area contributed by atoms with Crippen LogP contribution in [0, 0.1) is 0 Å². The zero-order chi connectivity index (χ0) is 31.6. The Hall–Kier alpha value is -5.83. The third-order valence-corrected chi connectivity index (χ3v) is 8.80. The predicted octanol–water partition coefficient (Wildman–Crippen LogP) is 12.3. The van der Waals surface area contributed by atoms with Crippen LogP contribution in [-0.2, 0) is 0 Å². The fourth-order valence-corrected chi connectivity index (χ4v) is 6.52. The molecule has 0 aliphatic rings. The van der Waals surface area contributed by atoms with Gasteiger partial charge in [-0.2, -0.15) is 0 Å². The molecule has 0 amide bonds. The van der Waals surface area contributed by atoms with Crippen molar-refractivity contribution >= 4 is 22.4 Å². The molecule has 0 unspecified atom stereocenters. The van der Waals surface area contributed by atoms with Gasteiger partial charge in [0.05, 0.1) is 11.4 Å².